The van der Waals surface area contributed by atoms with E-state index < -0.39 is 32.5 Å². The van der Waals surface area contributed by atoms with Crippen LogP contribution in [0.4, 0.5) is 20.3 Å². The second-order valence-corrected chi connectivity index (χ2v) is 10.7. The van der Waals surface area contributed by atoms with Crippen molar-refractivity contribution in [2.24, 2.45) is 0 Å². The normalized spacial score (nSPS) is 11.4. The Morgan fingerprint density at radius 3 is 2.39 bits per heavy atom. The first-order chi connectivity index (χ1) is 19.5. The van der Waals surface area contributed by atoms with Gasteiger partial charge in [0.2, 0.25) is 5.88 Å². The number of fused-ring (bicyclic) bond motifs is 1. The van der Waals surface area contributed by atoms with Crippen molar-refractivity contribution in [2.75, 3.05) is 17.6 Å². The summed E-state index contributed by atoms with van der Waals surface area (Å²) in [5.41, 5.74) is 10.0. The maximum absolute atomic E-state index is 14.2. The van der Waals surface area contributed by atoms with Crippen LogP contribution in [0.15, 0.2) is 83.9 Å². The van der Waals surface area contributed by atoms with Crippen LogP contribution in [-0.2, 0) is 21.2 Å². The number of pyridine rings is 2. The van der Waals surface area contributed by atoms with Gasteiger partial charge in [-0.2, -0.15) is 0 Å². The Kier molecular flexibility index (Phi) is 7.24. The van der Waals surface area contributed by atoms with Gasteiger partial charge in [0.15, 0.2) is 0 Å². The van der Waals surface area contributed by atoms with Crippen LogP contribution < -0.4 is 15.2 Å². The maximum atomic E-state index is 14.2. The molecule has 0 amide bonds. The minimum absolute atomic E-state index is 0.0496. The number of methoxy groups -OCH3 is 1. The molecule has 9 nitrogen and oxygen atoms in total. The number of sulfonamides is 1. The van der Waals surface area contributed by atoms with Gasteiger partial charge in [-0.25, -0.2) is 27.2 Å². The monoisotopic (exact) mass is 576 g/mol. The number of aromatic nitrogens is 2. The molecule has 0 fully saturated rings. The fourth-order valence-electron chi connectivity index (χ4n) is 4.32. The van der Waals surface area contributed by atoms with E-state index in [4.69, 9.17) is 15.6 Å². The number of aliphatic carboxylic acids is 1. The van der Waals surface area contributed by atoms with Gasteiger partial charge in [-0.1, -0.05) is 30.3 Å². The van der Waals surface area contributed by atoms with Crippen molar-refractivity contribution in [3.8, 4) is 28.1 Å². The first kappa shape index (κ1) is 27.5. The largest absolute Gasteiger partial charge is 0.481 e. The molecule has 5 rings (SSSR count). The van der Waals surface area contributed by atoms with Crippen LogP contribution in [0.5, 0.6) is 5.88 Å². The molecule has 0 atom stereocenters. The zero-order valence-corrected chi connectivity index (χ0v) is 22.2. The Balaban J connectivity index is 1.51. The van der Waals surface area contributed by atoms with Crippen LogP contribution in [0.2, 0.25) is 0 Å². The lowest BCUT2D eigenvalue weighted by Gasteiger charge is -2.14. The predicted molar refractivity (Wildman–Crippen MR) is 150 cm³/mol. The molecule has 0 aliphatic heterocycles. The number of carbonyl (C=O) groups is 1. The lowest BCUT2D eigenvalue weighted by molar-refractivity contribution is -0.136. The summed E-state index contributed by atoms with van der Waals surface area (Å²) in [5.74, 6) is -2.83. The number of nitrogens with zero attached hydrogens (tertiary/aromatic N) is 2. The molecule has 3 aromatic carbocycles. The standard InChI is InChI=1S/C29H22F2N4O5S/c1-40-29-25(35-41(38,39)26-9-7-21(30)14-23(26)31)13-20(15-33-29)18-6-8-24-19(11-18)12-22(28(32)34-24)17-4-2-16(3-5-17)10-27(36)37/h2-9,11-15,35H,10H2,1H3,(H2,32,34)(H,36,37). The summed E-state index contributed by atoms with van der Waals surface area (Å²) in [4.78, 5) is 18.9. The van der Waals surface area contributed by atoms with Gasteiger partial charge >= 0.3 is 5.97 Å². The summed E-state index contributed by atoms with van der Waals surface area (Å²) in [6.07, 6.45) is 1.39. The molecule has 41 heavy (non-hydrogen) atoms. The molecule has 0 spiro atoms. The highest BCUT2D eigenvalue weighted by Crippen LogP contribution is 2.34. The molecule has 0 saturated heterocycles. The summed E-state index contributed by atoms with van der Waals surface area (Å²) < 4.78 is 60.8. The fraction of sp³-hybridized carbons (Fsp3) is 0.0690. The van der Waals surface area contributed by atoms with E-state index in [1.54, 1.807) is 36.4 Å². The van der Waals surface area contributed by atoms with Crippen molar-refractivity contribution in [3.63, 3.8) is 0 Å². The Labute approximate surface area is 233 Å². The average Bonchev–Trinajstić information content (AvgIpc) is 2.92. The third-order valence-electron chi connectivity index (χ3n) is 6.27. The number of carboxylic acid groups (broad SMARTS) is 1. The van der Waals surface area contributed by atoms with Crippen LogP contribution in [0, 0.1) is 11.6 Å². The third-order valence-corrected chi connectivity index (χ3v) is 7.67. The minimum Gasteiger partial charge on any atom is -0.481 e. The van der Waals surface area contributed by atoms with E-state index in [1.165, 1.54) is 19.4 Å². The predicted octanol–water partition coefficient (Wildman–Crippen LogP) is 5.26. The van der Waals surface area contributed by atoms with Crippen molar-refractivity contribution in [3.05, 3.63) is 96.2 Å². The first-order valence-electron chi connectivity index (χ1n) is 12.1. The number of nitrogens with two attached hydrogens (primary N) is 1. The van der Waals surface area contributed by atoms with Crippen LogP contribution in [0.1, 0.15) is 5.56 Å². The zero-order chi connectivity index (χ0) is 29.3. The SMILES string of the molecule is COc1ncc(-c2ccc3nc(N)c(-c4ccc(CC(=O)O)cc4)cc3c2)cc1NS(=O)(=O)c1ccc(F)cc1F. The molecular weight excluding hydrogens is 554 g/mol. The van der Waals surface area contributed by atoms with Gasteiger partial charge in [-0.05, 0) is 53.1 Å². The highest BCUT2D eigenvalue weighted by Gasteiger charge is 2.22. The van der Waals surface area contributed by atoms with Crippen molar-refractivity contribution in [2.45, 2.75) is 11.3 Å². The number of halogens is 2. The first-order valence-corrected chi connectivity index (χ1v) is 13.6. The molecule has 4 N–H and O–H groups in total. The Morgan fingerprint density at radius 1 is 0.976 bits per heavy atom. The Morgan fingerprint density at radius 2 is 1.71 bits per heavy atom. The number of anilines is 2. The van der Waals surface area contributed by atoms with E-state index in [-0.39, 0.29) is 18.0 Å². The number of carboxylic acids is 1. The number of rotatable bonds is 8. The third kappa shape index (κ3) is 5.77. The van der Waals surface area contributed by atoms with Crippen LogP contribution >= 0.6 is 0 Å². The van der Waals surface area contributed by atoms with Gasteiger partial charge in [0.25, 0.3) is 10.0 Å². The van der Waals surface area contributed by atoms with Crippen LogP contribution in [0.3, 0.4) is 0 Å². The summed E-state index contributed by atoms with van der Waals surface area (Å²) >= 11 is 0. The van der Waals surface area contributed by atoms with Gasteiger partial charge in [-0.15, -0.1) is 0 Å². The van der Waals surface area contributed by atoms with E-state index in [0.717, 1.165) is 23.1 Å². The quantitative estimate of drug-likeness (QED) is 0.227. The molecular formula is C29H22F2N4O5S. The van der Waals surface area contributed by atoms with Gasteiger partial charge in [0, 0.05) is 28.8 Å². The van der Waals surface area contributed by atoms with Gasteiger partial charge in [-0.3, -0.25) is 9.52 Å². The Hall–Kier alpha value is -5.10. The van der Waals surface area contributed by atoms with Crippen molar-refractivity contribution in [1.82, 2.24) is 9.97 Å². The van der Waals surface area contributed by atoms with E-state index >= 15 is 0 Å². The van der Waals surface area contributed by atoms with Crippen molar-refractivity contribution in [1.29, 1.82) is 0 Å². The molecule has 0 unspecified atom stereocenters. The maximum Gasteiger partial charge on any atom is 0.307 e. The number of nitrogens with one attached hydrogen (secondary N) is 1. The summed E-state index contributed by atoms with van der Waals surface area (Å²) in [6.45, 7) is 0. The van der Waals surface area contributed by atoms with Crippen LogP contribution in [-0.4, -0.2) is 36.6 Å². The molecule has 0 aliphatic rings. The van der Waals surface area contributed by atoms with Gasteiger partial charge in [0.05, 0.1) is 19.0 Å². The molecule has 208 valence electrons. The molecule has 5 aromatic rings. The van der Waals surface area contributed by atoms with Crippen molar-refractivity contribution < 1.29 is 31.8 Å². The lowest BCUT2D eigenvalue weighted by Crippen LogP contribution is -2.15. The zero-order valence-electron chi connectivity index (χ0n) is 21.4. The molecule has 0 bridgehead atoms. The molecule has 2 aromatic heterocycles. The Bertz CT molecular complexity index is 1920. The van der Waals surface area contributed by atoms with Crippen molar-refractivity contribution >= 4 is 38.4 Å². The highest BCUT2D eigenvalue weighted by molar-refractivity contribution is 7.92. The second-order valence-electron chi connectivity index (χ2n) is 9.06. The molecule has 0 aliphatic carbocycles. The van der Waals surface area contributed by atoms with Crippen LogP contribution in [0.25, 0.3) is 33.2 Å². The van der Waals surface area contributed by atoms with E-state index in [0.29, 0.717) is 39.7 Å². The summed E-state index contributed by atoms with van der Waals surface area (Å²) in [7, 11) is -3.14. The van der Waals surface area contributed by atoms with Gasteiger partial charge < -0.3 is 15.6 Å². The van der Waals surface area contributed by atoms with E-state index in [9.17, 15) is 22.0 Å². The van der Waals surface area contributed by atoms with E-state index in [1.807, 2.05) is 12.1 Å². The fourth-order valence-corrected chi connectivity index (χ4v) is 5.43. The summed E-state index contributed by atoms with van der Waals surface area (Å²) in [6, 6.07) is 17.8. The average molecular weight is 577 g/mol. The lowest BCUT2D eigenvalue weighted by atomic mass is 9.99. The molecule has 0 radical (unpaired) electrons. The molecule has 12 heteroatoms. The topological polar surface area (TPSA) is 144 Å². The number of ether oxygens (including phenoxy) is 1. The highest BCUT2D eigenvalue weighted by atomic mass is 32.2. The molecule has 0 saturated carbocycles. The number of benzene rings is 3. The smallest absolute Gasteiger partial charge is 0.307 e. The van der Waals surface area contributed by atoms with E-state index in [2.05, 4.69) is 14.7 Å². The number of hydrogen-bond acceptors (Lipinski definition) is 7. The minimum atomic E-state index is -4.45. The number of nitrogen functional groups attached to an aromatic ring is 1. The second kappa shape index (κ2) is 10.8. The van der Waals surface area contributed by atoms with Gasteiger partial charge in [0.1, 0.15) is 28.0 Å². The summed E-state index contributed by atoms with van der Waals surface area (Å²) in [5, 5.41) is 9.74. The molecule has 2 heterocycles. The number of hydrogen-bond donors (Lipinski definition) is 3.